The van der Waals surface area contributed by atoms with E-state index in [-0.39, 0.29) is 18.4 Å². The topological polar surface area (TPSA) is 108 Å². The number of hydrogen-bond donors (Lipinski definition) is 3. The van der Waals surface area contributed by atoms with Crippen LogP contribution in [0.15, 0.2) is 24.3 Å². The van der Waals surface area contributed by atoms with Gasteiger partial charge in [-0.15, -0.1) is 0 Å². The lowest BCUT2D eigenvalue weighted by Crippen LogP contribution is -2.46. The Hall–Kier alpha value is -2.55. The minimum atomic E-state index is -0.646. The number of unbranched alkanes of at least 4 members (excludes halogenated alkanes) is 1. The van der Waals surface area contributed by atoms with E-state index < -0.39 is 6.04 Å². The second kappa shape index (κ2) is 8.59. The maximum atomic E-state index is 12.1. The quantitative estimate of drug-likeness (QED) is 0.517. The summed E-state index contributed by atoms with van der Waals surface area (Å²) in [4.78, 5) is 24.1. The molecule has 0 spiro atoms. The van der Waals surface area contributed by atoms with Crippen molar-refractivity contribution in [2.24, 2.45) is 0 Å². The van der Waals surface area contributed by atoms with Crippen LogP contribution in [-0.4, -0.2) is 24.4 Å². The number of carbonyl (C=O) groups excluding carboxylic acids is 2. The SMILES string of the molecule is CCCC[C@H](NC(=O)c1cccc(N)c1)C(=O)NCC#N. The van der Waals surface area contributed by atoms with E-state index in [2.05, 4.69) is 10.6 Å². The van der Waals surface area contributed by atoms with Gasteiger partial charge in [-0.1, -0.05) is 25.8 Å². The van der Waals surface area contributed by atoms with Gasteiger partial charge < -0.3 is 16.4 Å². The van der Waals surface area contributed by atoms with Gasteiger partial charge in [0.15, 0.2) is 0 Å². The first-order valence-corrected chi connectivity index (χ1v) is 6.89. The lowest BCUT2D eigenvalue weighted by molar-refractivity contribution is -0.122. The predicted molar refractivity (Wildman–Crippen MR) is 80.3 cm³/mol. The highest BCUT2D eigenvalue weighted by molar-refractivity contribution is 5.98. The number of nitrogens with one attached hydrogen (secondary N) is 2. The van der Waals surface area contributed by atoms with Crippen LogP contribution in [0.25, 0.3) is 0 Å². The highest BCUT2D eigenvalue weighted by atomic mass is 16.2. The number of nitrogen functional groups attached to an aromatic ring is 1. The Kier molecular flexibility index (Phi) is 6.75. The van der Waals surface area contributed by atoms with Crippen molar-refractivity contribution < 1.29 is 9.59 Å². The maximum Gasteiger partial charge on any atom is 0.252 e. The second-order valence-electron chi connectivity index (χ2n) is 4.67. The minimum Gasteiger partial charge on any atom is -0.399 e. The molecule has 0 saturated carbocycles. The van der Waals surface area contributed by atoms with E-state index >= 15 is 0 Å². The Morgan fingerprint density at radius 3 is 2.81 bits per heavy atom. The molecule has 1 aromatic carbocycles. The van der Waals surface area contributed by atoms with E-state index in [1.165, 1.54) is 0 Å². The van der Waals surface area contributed by atoms with Crippen molar-refractivity contribution in [3.8, 4) is 6.07 Å². The Morgan fingerprint density at radius 1 is 1.43 bits per heavy atom. The summed E-state index contributed by atoms with van der Waals surface area (Å²) >= 11 is 0. The van der Waals surface area contributed by atoms with Gasteiger partial charge in [-0.2, -0.15) is 5.26 Å². The van der Waals surface area contributed by atoms with Crippen molar-refractivity contribution in [3.05, 3.63) is 29.8 Å². The van der Waals surface area contributed by atoms with E-state index in [9.17, 15) is 9.59 Å². The molecule has 21 heavy (non-hydrogen) atoms. The largest absolute Gasteiger partial charge is 0.399 e. The number of nitriles is 1. The zero-order chi connectivity index (χ0) is 15.7. The third-order valence-corrected chi connectivity index (χ3v) is 2.96. The zero-order valence-corrected chi connectivity index (χ0v) is 12.1. The molecule has 2 amide bonds. The summed E-state index contributed by atoms with van der Waals surface area (Å²) in [7, 11) is 0. The van der Waals surface area contributed by atoms with Crippen LogP contribution >= 0.6 is 0 Å². The van der Waals surface area contributed by atoms with E-state index in [0.717, 1.165) is 12.8 Å². The molecule has 1 rings (SSSR count). The Labute approximate surface area is 124 Å². The van der Waals surface area contributed by atoms with Crippen LogP contribution in [0.1, 0.15) is 36.5 Å². The van der Waals surface area contributed by atoms with Crippen LogP contribution < -0.4 is 16.4 Å². The molecule has 0 saturated heterocycles. The Bertz CT molecular complexity index is 537. The van der Waals surface area contributed by atoms with Gasteiger partial charge in [0.25, 0.3) is 5.91 Å². The molecular formula is C15H20N4O2. The monoisotopic (exact) mass is 288 g/mol. The number of carbonyl (C=O) groups is 2. The molecular weight excluding hydrogens is 268 g/mol. The summed E-state index contributed by atoms with van der Waals surface area (Å²) in [5.74, 6) is -0.697. The van der Waals surface area contributed by atoms with Crippen molar-refractivity contribution in [3.63, 3.8) is 0 Å². The molecule has 0 unspecified atom stereocenters. The molecule has 0 aliphatic heterocycles. The highest BCUT2D eigenvalue weighted by Gasteiger charge is 2.20. The number of rotatable bonds is 7. The zero-order valence-electron chi connectivity index (χ0n) is 12.1. The van der Waals surface area contributed by atoms with Crippen LogP contribution in [0, 0.1) is 11.3 Å². The van der Waals surface area contributed by atoms with Gasteiger partial charge in [-0.05, 0) is 24.6 Å². The maximum absolute atomic E-state index is 12.1. The molecule has 112 valence electrons. The molecule has 0 aliphatic rings. The van der Waals surface area contributed by atoms with Gasteiger partial charge in [-0.25, -0.2) is 0 Å². The fraction of sp³-hybridized carbons (Fsp3) is 0.400. The van der Waals surface area contributed by atoms with Crippen LogP contribution in [0.5, 0.6) is 0 Å². The third-order valence-electron chi connectivity index (χ3n) is 2.96. The lowest BCUT2D eigenvalue weighted by Gasteiger charge is -2.17. The van der Waals surface area contributed by atoms with Gasteiger partial charge in [-0.3, -0.25) is 9.59 Å². The number of anilines is 1. The summed E-state index contributed by atoms with van der Waals surface area (Å²) in [5, 5.41) is 13.7. The van der Waals surface area contributed by atoms with Crippen molar-refractivity contribution >= 4 is 17.5 Å². The molecule has 6 heteroatoms. The Morgan fingerprint density at radius 2 is 2.19 bits per heavy atom. The first kappa shape index (κ1) is 16.5. The van der Waals surface area contributed by atoms with E-state index in [1.807, 2.05) is 13.0 Å². The number of nitrogens with two attached hydrogens (primary N) is 1. The molecule has 0 heterocycles. The van der Waals surface area contributed by atoms with Crippen LogP contribution in [0.2, 0.25) is 0 Å². The van der Waals surface area contributed by atoms with Gasteiger partial charge in [0.2, 0.25) is 5.91 Å². The standard InChI is InChI=1S/C15H20N4O2/c1-2-3-7-13(15(21)18-9-8-16)19-14(20)11-5-4-6-12(17)10-11/h4-6,10,13H,2-3,7,9,17H2,1H3,(H,18,21)(H,19,20)/t13-/m0/s1. The van der Waals surface area contributed by atoms with Crippen LogP contribution in [0.3, 0.4) is 0 Å². The lowest BCUT2D eigenvalue weighted by atomic mass is 10.1. The van der Waals surface area contributed by atoms with Crippen LogP contribution in [0.4, 0.5) is 5.69 Å². The fourth-order valence-electron chi connectivity index (χ4n) is 1.85. The van der Waals surface area contributed by atoms with Crippen molar-refractivity contribution in [2.75, 3.05) is 12.3 Å². The second-order valence-corrected chi connectivity index (χ2v) is 4.67. The molecule has 1 aromatic rings. The Balaban J connectivity index is 2.73. The van der Waals surface area contributed by atoms with Gasteiger partial charge >= 0.3 is 0 Å². The van der Waals surface area contributed by atoms with Gasteiger partial charge in [0.1, 0.15) is 12.6 Å². The summed E-state index contributed by atoms with van der Waals surface area (Å²) in [5.41, 5.74) is 6.53. The molecule has 1 atom stereocenters. The molecule has 0 bridgehead atoms. The van der Waals surface area contributed by atoms with Gasteiger partial charge in [0.05, 0.1) is 6.07 Å². The number of amides is 2. The van der Waals surface area contributed by atoms with E-state index in [0.29, 0.717) is 17.7 Å². The van der Waals surface area contributed by atoms with Crippen molar-refractivity contribution in [1.29, 1.82) is 5.26 Å². The van der Waals surface area contributed by atoms with E-state index in [1.54, 1.807) is 24.3 Å². The smallest absolute Gasteiger partial charge is 0.252 e. The van der Waals surface area contributed by atoms with Crippen molar-refractivity contribution in [1.82, 2.24) is 10.6 Å². The number of hydrogen-bond acceptors (Lipinski definition) is 4. The minimum absolute atomic E-state index is 0.0738. The van der Waals surface area contributed by atoms with Crippen molar-refractivity contribution in [2.45, 2.75) is 32.2 Å². The fourth-order valence-corrected chi connectivity index (χ4v) is 1.85. The summed E-state index contributed by atoms with van der Waals surface area (Å²) in [6.45, 7) is 1.93. The summed E-state index contributed by atoms with van der Waals surface area (Å²) < 4.78 is 0. The first-order chi connectivity index (χ1) is 10.1. The molecule has 4 N–H and O–H groups in total. The van der Waals surface area contributed by atoms with E-state index in [4.69, 9.17) is 11.0 Å². The molecule has 0 fully saturated rings. The highest BCUT2D eigenvalue weighted by Crippen LogP contribution is 2.08. The number of nitrogens with zero attached hydrogens (tertiary/aromatic N) is 1. The average molecular weight is 288 g/mol. The molecule has 0 aromatic heterocycles. The first-order valence-electron chi connectivity index (χ1n) is 6.89. The average Bonchev–Trinajstić information content (AvgIpc) is 2.48. The van der Waals surface area contributed by atoms with Gasteiger partial charge in [0, 0.05) is 11.3 Å². The molecule has 0 radical (unpaired) electrons. The van der Waals surface area contributed by atoms with Crippen LogP contribution in [-0.2, 0) is 4.79 Å². The normalized spacial score (nSPS) is 11.2. The molecule has 6 nitrogen and oxygen atoms in total. The number of benzene rings is 1. The predicted octanol–water partition coefficient (Wildman–Crippen LogP) is 1.20. The third kappa shape index (κ3) is 5.53. The summed E-state index contributed by atoms with van der Waals surface area (Å²) in [6.07, 6.45) is 2.25. The summed E-state index contributed by atoms with van der Waals surface area (Å²) in [6, 6.07) is 7.75. The molecule has 0 aliphatic carbocycles.